The molecule has 36 nitrogen and oxygen atoms in total. The Morgan fingerprint density at radius 3 is 2.22 bits per heavy atom. The summed E-state index contributed by atoms with van der Waals surface area (Å²) in [4.78, 5) is 91.5. The normalized spacial score (nSPS) is 14.3. The predicted molar refractivity (Wildman–Crippen MR) is 487 cm³/mol. The fraction of sp³-hybridized carbons (Fsp3) is 0.297. The Morgan fingerprint density at radius 2 is 1.47 bits per heavy atom. The zero-order chi connectivity index (χ0) is 91.3. The molecule has 19 rings (SSSR count). The molecule has 3 fully saturated rings. The number of nitrogen functional groups attached to an aromatic ring is 1. The number of carbonyl (C=O) groups is 3. The summed E-state index contributed by atoms with van der Waals surface area (Å²) in [5.74, 6) is 1.28. The fourth-order valence-electron chi connectivity index (χ4n) is 16.0. The number of ketones is 1. The van der Waals surface area contributed by atoms with Gasteiger partial charge in [-0.05, 0) is 133 Å². The van der Waals surface area contributed by atoms with Crippen molar-refractivity contribution in [3.05, 3.63) is 212 Å². The molecule has 0 radical (unpaired) electrons. The number of nitrogens with two attached hydrogens (primary N) is 1. The van der Waals surface area contributed by atoms with E-state index in [1.54, 1.807) is 54.1 Å². The lowest BCUT2D eigenvalue weighted by Crippen LogP contribution is -2.39. The third-order valence-electron chi connectivity index (χ3n) is 22.5. The number of ether oxygens (including phenoxy) is 6. The second-order valence-corrected chi connectivity index (χ2v) is 34.5. The maximum Gasteiger partial charge on any atom is 0.409 e. The number of hydrogen-bond donors (Lipinski definition) is 5. The smallest absolute Gasteiger partial charge is 0.409 e. The van der Waals surface area contributed by atoms with Crippen LogP contribution >= 0.6 is 0 Å². The molecule has 4 aromatic carbocycles. The van der Waals surface area contributed by atoms with Gasteiger partial charge in [0.25, 0.3) is 15.9 Å². The maximum absolute atomic E-state index is 14.2. The van der Waals surface area contributed by atoms with Crippen molar-refractivity contribution >= 4 is 116 Å². The Hall–Kier alpha value is -14.5. The van der Waals surface area contributed by atoms with Crippen LogP contribution in [-0.4, -0.2) is 218 Å². The van der Waals surface area contributed by atoms with Crippen LogP contribution in [-0.2, 0) is 52.0 Å². The number of H-pyrrole nitrogens is 1. The van der Waals surface area contributed by atoms with Gasteiger partial charge in [-0.15, -0.1) is 0 Å². The number of nitrogens with one attached hydrogen (secondary N) is 4. The number of aromatic nitrogens is 16. The minimum absolute atomic E-state index is 0.000587. The summed E-state index contributed by atoms with van der Waals surface area (Å²) in [6.45, 7) is 8.10. The van der Waals surface area contributed by atoms with Crippen molar-refractivity contribution in [1.82, 2.24) is 88.6 Å². The van der Waals surface area contributed by atoms with E-state index < -0.39 is 42.5 Å². The predicted octanol–water partition coefficient (Wildman–Crippen LogP) is 12.3. The topological polar surface area (TPSA) is 441 Å². The molecule has 131 heavy (non-hydrogen) atoms. The van der Waals surface area contributed by atoms with Crippen molar-refractivity contribution in [2.45, 2.75) is 81.8 Å². The van der Waals surface area contributed by atoms with Gasteiger partial charge in [0.15, 0.2) is 28.6 Å². The summed E-state index contributed by atoms with van der Waals surface area (Å²) in [5.41, 5.74) is 17.4. The summed E-state index contributed by atoms with van der Waals surface area (Å²) >= 11 is 0. The third-order valence-corrected chi connectivity index (χ3v) is 24.6. The van der Waals surface area contributed by atoms with E-state index in [9.17, 15) is 40.0 Å². The average Bonchev–Trinajstić information content (AvgIpc) is 1.71. The third kappa shape index (κ3) is 20.6. The highest BCUT2D eigenvalue weighted by Crippen LogP contribution is 2.41. The van der Waals surface area contributed by atoms with Crippen molar-refractivity contribution in [1.29, 1.82) is 0 Å². The monoisotopic (exact) mass is 1820 g/mol. The number of hydrogen-bond acceptors (Lipinski definition) is 28. The largest absolute Gasteiger partial charge is 0.491 e. The molecule has 1 aliphatic carbocycles. The Morgan fingerprint density at radius 1 is 0.687 bits per heavy atom. The van der Waals surface area contributed by atoms with Crippen LogP contribution in [0.4, 0.5) is 36.7 Å². The number of Topliss-reactive ketones (excluding diaryl/α,β-unsaturated/α-hetero) is 1. The van der Waals surface area contributed by atoms with Gasteiger partial charge in [0.2, 0.25) is 21.5 Å². The minimum Gasteiger partial charge on any atom is -0.491 e. The van der Waals surface area contributed by atoms with Gasteiger partial charge in [0.05, 0.1) is 94.1 Å². The highest BCUT2D eigenvalue weighted by molar-refractivity contribution is 7.92. The molecule has 15 aromatic rings. The van der Waals surface area contributed by atoms with Crippen LogP contribution in [0.25, 0.3) is 99.8 Å². The summed E-state index contributed by atoms with van der Waals surface area (Å²) < 4.78 is 118. The number of rotatable bonds is 24. The Bertz CT molecular complexity index is 7020. The Kier molecular flexibility index (Phi) is 27.8. The molecule has 3 aliphatic heterocycles. The molecule has 4 aliphatic rings. The number of morpholine rings is 1. The molecule has 0 atom stereocenters. The van der Waals surface area contributed by atoms with Gasteiger partial charge >= 0.3 is 6.09 Å². The molecule has 0 spiro atoms. The summed E-state index contributed by atoms with van der Waals surface area (Å²) in [6, 6.07) is 34.6. The fourth-order valence-corrected chi connectivity index (χ4v) is 17.6. The van der Waals surface area contributed by atoms with Crippen LogP contribution in [0.2, 0.25) is 0 Å². The highest BCUT2D eigenvalue weighted by atomic mass is 32.2. The van der Waals surface area contributed by atoms with Crippen molar-refractivity contribution in [2.75, 3.05) is 121 Å². The second-order valence-electron chi connectivity index (χ2n) is 31.0. The molecule has 0 bridgehead atoms. The maximum atomic E-state index is 14.2. The number of nitrogens with zero attached hydrogens (tertiary/aromatic N) is 18. The first-order valence-corrected chi connectivity index (χ1v) is 45.7. The molecule has 676 valence electrons. The zero-order valence-corrected chi connectivity index (χ0v) is 73.8. The summed E-state index contributed by atoms with van der Waals surface area (Å²) in [5, 5.41) is 17.4. The second kappa shape index (κ2) is 40.5. The van der Waals surface area contributed by atoms with E-state index in [4.69, 9.17) is 54.3 Å². The standard InChI is InChI=1S/C26H18F2N4O3S.C26H32N6O4.C22H26N6O6S.C17H17N7/c1-35-26-24(32-36(33,34)25-5-3-19(27)14-22(25)28)13-18(15-31-26)17-2-4-23-21(12-17)20(8-11-30-23)16-6-9-29-10-7-16;1-3-21(33)16-18-4-6-19(7-5-18)23-28-24(30-12-14-36-15-13-30)22-17-27-32(25(22)29-23)20-8-10-31(11-9-20)26(34)35-2;1-32-19-17(34-13-12-33-11-9-25-35(2,30)31)6-5-16-18(19)26-22(28-10-8-24-20(16)28)27-21(29)15-4-3-7-23-14-15;18-15-13-14(11-7-10-5-6-19-16(10)20-8-11)23-24(12-3-1-2-4-12)17(13)22-9-21-15/h2-15,32H,1H3;4-7,17,20H,3,8-16H2,1-2H3;3-7,14,24-25H,8-13H2,1-2H3;5-9,12H,1-4H2,(H,19,20)(H2,18,21,22). The SMILES string of the molecule is CCC(=O)Cc1ccc(-c2nc(N3CCOCC3)c3cnn(C4CCN(C(=O)OC)CC4)c3n2)cc1.COc1c(OCCOCCNS(C)(=O)=O)ccc2c3n(c(=NC(=O)c4cccnc4)nc12)CCN3.COc1ncc(-c2ccc3nccc(-c4ccncc4)c3c2)cc1NS(=O)(=O)c1ccc(F)cc1F.Nc1ncnc2c1c(-c1cnc3[nH]ccc3c1)nn2C1CCCC1. The minimum atomic E-state index is -4.40. The van der Waals surface area contributed by atoms with Gasteiger partial charge in [-0.1, -0.05) is 50.1 Å². The van der Waals surface area contributed by atoms with E-state index in [1.165, 1.54) is 52.8 Å². The van der Waals surface area contributed by atoms with Crippen molar-refractivity contribution < 1.29 is 68.4 Å². The lowest BCUT2D eigenvalue weighted by Gasteiger charge is -2.31. The van der Waals surface area contributed by atoms with E-state index >= 15 is 0 Å². The van der Waals surface area contributed by atoms with Crippen LogP contribution in [0.5, 0.6) is 17.4 Å². The van der Waals surface area contributed by atoms with E-state index in [-0.39, 0.29) is 61.5 Å². The van der Waals surface area contributed by atoms with Crippen molar-refractivity contribution in [2.24, 2.45) is 4.99 Å². The number of fused-ring (bicyclic) bond motifs is 7. The number of halogens is 2. The molecule has 0 unspecified atom stereocenters. The van der Waals surface area contributed by atoms with Crippen LogP contribution < -0.4 is 45.2 Å². The zero-order valence-electron chi connectivity index (χ0n) is 72.1. The lowest BCUT2D eigenvalue weighted by atomic mass is 9.98. The first-order valence-electron chi connectivity index (χ1n) is 42.4. The van der Waals surface area contributed by atoms with E-state index in [2.05, 4.69) is 75.6 Å². The quantitative estimate of drug-likeness (QED) is 0.0351. The number of piperidine rings is 1. The number of aromatic amines is 1. The Labute approximate surface area is 750 Å². The summed E-state index contributed by atoms with van der Waals surface area (Å²) in [7, 11) is -3.38. The Balaban J connectivity index is 0.000000129. The van der Waals surface area contributed by atoms with Crippen molar-refractivity contribution in [3.8, 4) is 62.3 Å². The molecule has 2 amide bonds. The average molecular weight is 1820 g/mol. The molecule has 14 heterocycles. The number of carbonyl (C=O) groups excluding carboxylic acids is 3. The van der Waals surface area contributed by atoms with Crippen LogP contribution in [0.1, 0.15) is 79.9 Å². The lowest BCUT2D eigenvalue weighted by molar-refractivity contribution is -0.118. The van der Waals surface area contributed by atoms with Crippen LogP contribution in [0.3, 0.4) is 0 Å². The molecule has 40 heteroatoms. The molecule has 11 aromatic heterocycles. The molecule has 2 saturated heterocycles. The summed E-state index contributed by atoms with van der Waals surface area (Å²) in [6.07, 6.45) is 24.9. The number of sulfonamides is 2. The molecular weight excluding hydrogens is 1730 g/mol. The highest BCUT2D eigenvalue weighted by Gasteiger charge is 2.31. The van der Waals surface area contributed by atoms with Crippen molar-refractivity contribution in [3.63, 3.8) is 0 Å². The first kappa shape index (κ1) is 89.9. The number of benzene rings is 4. The number of anilines is 4. The number of likely N-dealkylation sites (tertiary alicyclic amines) is 1. The van der Waals surface area contributed by atoms with Gasteiger partial charge in [-0.25, -0.2) is 79.4 Å². The molecular formula is C91H93F2N23O13S2. The number of pyridine rings is 5. The van der Waals surface area contributed by atoms with Gasteiger partial charge in [-0.2, -0.15) is 15.2 Å². The first-order chi connectivity index (χ1) is 63.6. The van der Waals surface area contributed by atoms with Crippen LogP contribution in [0.15, 0.2) is 193 Å². The van der Waals surface area contributed by atoms with E-state index in [1.807, 2.05) is 112 Å². The van der Waals surface area contributed by atoms with Gasteiger partial charge in [0, 0.05) is 147 Å². The molecule has 6 N–H and O–H groups in total. The van der Waals surface area contributed by atoms with Gasteiger partial charge < -0.3 is 54.3 Å². The van der Waals surface area contributed by atoms with Crippen LogP contribution in [0, 0.1) is 11.6 Å². The number of methoxy groups -OCH3 is 3. The van der Waals surface area contributed by atoms with Gasteiger partial charge in [-0.3, -0.25) is 33.8 Å². The van der Waals surface area contributed by atoms with Gasteiger partial charge in [0.1, 0.15) is 75.2 Å². The van der Waals surface area contributed by atoms with E-state index in [0.717, 1.165) is 157 Å². The van der Waals surface area contributed by atoms with E-state index in [0.29, 0.717) is 104 Å². The number of amides is 2. The molecule has 1 saturated carbocycles.